The van der Waals surface area contributed by atoms with Gasteiger partial charge in [-0.1, -0.05) is 30.3 Å². The Hall–Kier alpha value is -2.60. The highest BCUT2D eigenvalue weighted by molar-refractivity contribution is 5.79. The molecule has 1 aliphatic rings. The van der Waals surface area contributed by atoms with Crippen LogP contribution in [0.4, 0.5) is 4.39 Å². The second kappa shape index (κ2) is 10.1. The van der Waals surface area contributed by atoms with Crippen molar-refractivity contribution in [3.63, 3.8) is 0 Å². The number of hydrogen-bond acceptors (Lipinski definition) is 3. The van der Waals surface area contributed by atoms with Crippen molar-refractivity contribution in [2.75, 3.05) is 19.7 Å². The summed E-state index contributed by atoms with van der Waals surface area (Å²) in [7, 11) is 0. The van der Waals surface area contributed by atoms with E-state index in [0.29, 0.717) is 30.5 Å². The van der Waals surface area contributed by atoms with Gasteiger partial charge in [-0.05, 0) is 49.4 Å². The fourth-order valence-electron chi connectivity index (χ4n) is 2.77. The molecular formula is C22H28FN3O2. The molecule has 3 rings (SSSR count). The lowest BCUT2D eigenvalue weighted by Gasteiger charge is -2.16. The average Bonchev–Trinajstić information content (AvgIpc) is 3.54. The van der Waals surface area contributed by atoms with Crippen LogP contribution in [0.25, 0.3) is 0 Å². The second-order valence-corrected chi connectivity index (χ2v) is 7.01. The van der Waals surface area contributed by atoms with Gasteiger partial charge in [-0.25, -0.2) is 9.38 Å². The molecule has 0 bridgehead atoms. The summed E-state index contributed by atoms with van der Waals surface area (Å²) >= 11 is 0. The largest absolute Gasteiger partial charge is 0.493 e. The third kappa shape index (κ3) is 6.23. The molecule has 1 atom stereocenters. The molecule has 0 aliphatic heterocycles. The maximum Gasteiger partial charge on any atom is 0.191 e. The van der Waals surface area contributed by atoms with Crippen molar-refractivity contribution in [1.29, 1.82) is 0 Å². The second-order valence-electron chi connectivity index (χ2n) is 7.01. The Kier molecular flexibility index (Phi) is 7.25. The monoisotopic (exact) mass is 385 g/mol. The molecule has 2 aromatic carbocycles. The Balaban J connectivity index is 1.58. The van der Waals surface area contributed by atoms with E-state index < -0.39 is 6.10 Å². The first-order valence-corrected chi connectivity index (χ1v) is 9.82. The van der Waals surface area contributed by atoms with Crippen LogP contribution >= 0.6 is 0 Å². The van der Waals surface area contributed by atoms with Crippen molar-refractivity contribution in [2.45, 2.75) is 32.4 Å². The maximum atomic E-state index is 13.0. The van der Waals surface area contributed by atoms with Crippen LogP contribution in [0.1, 0.15) is 37.0 Å². The van der Waals surface area contributed by atoms with Gasteiger partial charge >= 0.3 is 0 Å². The number of halogens is 1. The summed E-state index contributed by atoms with van der Waals surface area (Å²) in [6.45, 7) is 4.21. The predicted molar refractivity (Wildman–Crippen MR) is 109 cm³/mol. The van der Waals surface area contributed by atoms with Crippen LogP contribution in [0.2, 0.25) is 0 Å². The number of ether oxygens (including phenoxy) is 1. The summed E-state index contributed by atoms with van der Waals surface area (Å²) in [5.41, 5.74) is 1.68. The van der Waals surface area contributed by atoms with Gasteiger partial charge in [-0.2, -0.15) is 0 Å². The summed E-state index contributed by atoms with van der Waals surface area (Å²) in [5, 5.41) is 16.6. The Bertz CT molecular complexity index is 776. The molecule has 0 radical (unpaired) electrons. The maximum absolute atomic E-state index is 13.0. The van der Waals surface area contributed by atoms with Crippen LogP contribution in [0, 0.1) is 11.7 Å². The summed E-state index contributed by atoms with van der Waals surface area (Å²) in [4.78, 5) is 4.61. The van der Waals surface area contributed by atoms with E-state index >= 15 is 0 Å². The highest BCUT2D eigenvalue weighted by atomic mass is 19.1. The summed E-state index contributed by atoms with van der Waals surface area (Å²) < 4.78 is 19.0. The Morgan fingerprint density at radius 3 is 2.64 bits per heavy atom. The van der Waals surface area contributed by atoms with Crippen molar-refractivity contribution in [1.82, 2.24) is 10.6 Å². The molecule has 28 heavy (non-hydrogen) atoms. The fraction of sp³-hybridized carbons (Fsp3) is 0.409. The first-order chi connectivity index (χ1) is 13.7. The summed E-state index contributed by atoms with van der Waals surface area (Å²) in [6, 6.07) is 13.8. The molecule has 1 saturated carbocycles. The zero-order chi connectivity index (χ0) is 19.8. The van der Waals surface area contributed by atoms with E-state index in [1.807, 2.05) is 31.2 Å². The van der Waals surface area contributed by atoms with Gasteiger partial charge in [-0.15, -0.1) is 0 Å². The number of hydrogen-bond donors (Lipinski definition) is 3. The van der Waals surface area contributed by atoms with E-state index in [1.165, 1.54) is 25.0 Å². The molecule has 0 heterocycles. The minimum atomic E-state index is -0.751. The van der Waals surface area contributed by atoms with E-state index in [4.69, 9.17) is 4.74 Å². The first kappa shape index (κ1) is 20.1. The van der Waals surface area contributed by atoms with Crippen LogP contribution in [0.15, 0.2) is 53.5 Å². The number of rotatable bonds is 9. The van der Waals surface area contributed by atoms with Gasteiger partial charge in [0.25, 0.3) is 0 Å². The van der Waals surface area contributed by atoms with Gasteiger partial charge in [0.2, 0.25) is 0 Å². The third-order valence-corrected chi connectivity index (χ3v) is 4.61. The highest BCUT2D eigenvalue weighted by Gasteiger charge is 2.22. The minimum Gasteiger partial charge on any atom is -0.493 e. The third-order valence-electron chi connectivity index (χ3n) is 4.61. The standard InChI is InChI=1S/C22H28FN3O2/c1-2-24-22(26-14-20(27)17-9-11-19(23)12-10-17)25-13-18-5-3-4-6-21(18)28-15-16-7-8-16/h3-6,9-12,16,20,27H,2,7-8,13-15H2,1H3,(H2,24,25,26). The van der Waals surface area contributed by atoms with E-state index in [2.05, 4.69) is 15.6 Å². The number of aliphatic hydroxyl groups is 1. The molecule has 0 spiro atoms. The average molecular weight is 385 g/mol. The van der Waals surface area contributed by atoms with Crippen molar-refractivity contribution in [3.8, 4) is 5.75 Å². The summed E-state index contributed by atoms with van der Waals surface area (Å²) in [5.74, 6) is 1.87. The van der Waals surface area contributed by atoms with Crippen LogP contribution in [0.3, 0.4) is 0 Å². The zero-order valence-corrected chi connectivity index (χ0v) is 16.2. The van der Waals surface area contributed by atoms with E-state index in [-0.39, 0.29) is 12.4 Å². The van der Waals surface area contributed by atoms with Gasteiger partial charge in [-0.3, -0.25) is 0 Å². The van der Waals surface area contributed by atoms with E-state index in [9.17, 15) is 9.50 Å². The number of nitrogens with one attached hydrogen (secondary N) is 2. The molecule has 1 unspecified atom stereocenters. The van der Waals surface area contributed by atoms with Crippen LogP contribution in [0.5, 0.6) is 5.75 Å². The Morgan fingerprint density at radius 2 is 1.93 bits per heavy atom. The normalized spacial score (nSPS) is 15.2. The topological polar surface area (TPSA) is 65.9 Å². The van der Waals surface area contributed by atoms with Crippen LogP contribution in [-0.2, 0) is 6.54 Å². The Morgan fingerprint density at radius 1 is 1.18 bits per heavy atom. The van der Waals surface area contributed by atoms with Crippen LogP contribution < -0.4 is 15.4 Å². The molecule has 6 heteroatoms. The van der Waals surface area contributed by atoms with Gasteiger partial charge in [0, 0.05) is 18.7 Å². The molecule has 3 N–H and O–H groups in total. The lowest BCUT2D eigenvalue weighted by atomic mass is 10.1. The van der Waals surface area contributed by atoms with Crippen molar-refractivity contribution in [3.05, 3.63) is 65.5 Å². The number of guanidine groups is 1. The smallest absolute Gasteiger partial charge is 0.191 e. The molecule has 5 nitrogen and oxygen atoms in total. The van der Waals surface area contributed by atoms with Gasteiger partial charge in [0.05, 0.1) is 19.3 Å². The quantitative estimate of drug-likeness (QED) is 0.457. The van der Waals surface area contributed by atoms with E-state index in [0.717, 1.165) is 17.9 Å². The van der Waals surface area contributed by atoms with Gasteiger partial charge < -0.3 is 20.5 Å². The van der Waals surface area contributed by atoms with Crippen molar-refractivity contribution in [2.24, 2.45) is 10.9 Å². The number of aliphatic hydroxyl groups excluding tert-OH is 1. The Labute approximate surface area is 165 Å². The molecule has 150 valence electrons. The molecule has 1 fully saturated rings. The molecule has 0 saturated heterocycles. The first-order valence-electron chi connectivity index (χ1n) is 9.82. The molecule has 2 aromatic rings. The lowest BCUT2D eigenvalue weighted by Crippen LogP contribution is -2.39. The number of nitrogens with zero attached hydrogens (tertiary/aromatic N) is 1. The lowest BCUT2D eigenvalue weighted by molar-refractivity contribution is 0.180. The molecule has 0 aromatic heterocycles. The van der Waals surface area contributed by atoms with Gasteiger partial charge in [0.15, 0.2) is 5.96 Å². The van der Waals surface area contributed by atoms with Crippen molar-refractivity contribution < 1.29 is 14.2 Å². The zero-order valence-electron chi connectivity index (χ0n) is 16.2. The van der Waals surface area contributed by atoms with Crippen molar-refractivity contribution >= 4 is 5.96 Å². The van der Waals surface area contributed by atoms with E-state index in [1.54, 1.807) is 12.1 Å². The SMILES string of the molecule is CCNC(=NCc1ccccc1OCC1CC1)NCC(O)c1ccc(F)cc1. The number of para-hydroxylation sites is 1. The summed E-state index contributed by atoms with van der Waals surface area (Å²) in [6.07, 6.45) is 1.76. The number of aliphatic imine (C=N–C) groups is 1. The number of benzene rings is 2. The fourth-order valence-corrected chi connectivity index (χ4v) is 2.77. The predicted octanol–water partition coefficient (Wildman–Crippen LogP) is 3.40. The minimum absolute atomic E-state index is 0.275. The van der Waals surface area contributed by atoms with Crippen LogP contribution in [-0.4, -0.2) is 30.8 Å². The molecular weight excluding hydrogens is 357 g/mol. The molecule has 0 amide bonds. The highest BCUT2D eigenvalue weighted by Crippen LogP contribution is 2.30. The van der Waals surface area contributed by atoms with Gasteiger partial charge in [0.1, 0.15) is 11.6 Å². The molecule has 1 aliphatic carbocycles.